The molecule has 0 aliphatic carbocycles. The first-order valence-corrected chi connectivity index (χ1v) is 21.4. The highest BCUT2D eigenvalue weighted by atomic mass is 16.7. The van der Waals surface area contributed by atoms with Crippen LogP contribution in [0.4, 0.5) is 0 Å². The molecule has 67 heavy (non-hydrogen) atoms. The Labute approximate surface area is 386 Å². The molecule has 1 amide bonds. The summed E-state index contributed by atoms with van der Waals surface area (Å²) in [6, 6.07) is 36.3. The average molecular weight is 922 g/mol. The third kappa shape index (κ3) is 12.5. The molecule has 352 valence electrons. The minimum absolute atomic E-state index is 0.0694. The number of esters is 3. The smallest absolute Gasteiger partial charge is 0.338 e. The second kappa shape index (κ2) is 23.0. The van der Waals surface area contributed by atoms with Gasteiger partial charge in [0.25, 0.3) is 0 Å². The van der Waals surface area contributed by atoms with E-state index in [9.17, 15) is 29.4 Å². The minimum atomic E-state index is -1.99. The fourth-order valence-electron chi connectivity index (χ4n) is 7.48. The van der Waals surface area contributed by atoms with Crippen LogP contribution in [0.2, 0.25) is 0 Å². The zero-order valence-electron chi connectivity index (χ0n) is 36.8. The molecule has 5 aromatic rings. The zero-order chi connectivity index (χ0) is 47.3. The molecule has 2 fully saturated rings. The van der Waals surface area contributed by atoms with E-state index in [1.54, 1.807) is 103 Å². The zero-order valence-corrected chi connectivity index (χ0v) is 36.8. The molecule has 17 nitrogen and oxygen atoms in total. The molecule has 2 saturated heterocycles. The van der Waals surface area contributed by atoms with Crippen molar-refractivity contribution in [2.45, 2.75) is 74.9 Å². The van der Waals surface area contributed by atoms with Crippen LogP contribution in [-0.4, -0.2) is 123 Å². The highest BCUT2D eigenvalue weighted by molar-refractivity contribution is 5.90. The first kappa shape index (κ1) is 48.1. The van der Waals surface area contributed by atoms with E-state index in [0.29, 0.717) is 22.8 Å². The van der Waals surface area contributed by atoms with E-state index >= 15 is 0 Å². The van der Waals surface area contributed by atoms with Crippen molar-refractivity contribution in [3.05, 3.63) is 162 Å². The van der Waals surface area contributed by atoms with Crippen LogP contribution < -0.4 is 19.5 Å². The Kier molecular flexibility index (Phi) is 16.5. The molecule has 0 saturated carbocycles. The summed E-state index contributed by atoms with van der Waals surface area (Å²) in [4.78, 5) is 54.1. The Morgan fingerprint density at radius 1 is 0.567 bits per heavy atom. The topological polar surface area (TPSA) is 213 Å². The van der Waals surface area contributed by atoms with Crippen molar-refractivity contribution in [1.82, 2.24) is 5.32 Å². The second-order valence-electron chi connectivity index (χ2n) is 15.5. The van der Waals surface area contributed by atoms with E-state index in [-0.39, 0.29) is 29.9 Å². The van der Waals surface area contributed by atoms with Gasteiger partial charge in [-0.2, -0.15) is 0 Å². The maximum absolute atomic E-state index is 14.0. The van der Waals surface area contributed by atoms with E-state index in [1.165, 1.54) is 57.5 Å². The summed E-state index contributed by atoms with van der Waals surface area (Å²) in [6.07, 6.45) is -14.2. The molecule has 0 unspecified atom stereocenters. The van der Waals surface area contributed by atoms with Gasteiger partial charge in [-0.3, -0.25) is 4.79 Å². The third-order valence-corrected chi connectivity index (χ3v) is 10.9. The van der Waals surface area contributed by atoms with E-state index in [2.05, 4.69) is 5.32 Å². The molecule has 2 aliphatic rings. The number of nitrogens with one attached hydrogen (secondary N) is 1. The summed E-state index contributed by atoms with van der Waals surface area (Å²) in [5, 5.41) is 26.6. The average Bonchev–Trinajstić information content (AvgIpc) is 3.36. The van der Waals surface area contributed by atoms with Gasteiger partial charge in [-0.1, -0.05) is 66.7 Å². The van der Waals surface area contributed by atoms with Crippen LogP contribution in [0, 0.1) is 0 Å². The standard InChI is InChI=1S/C50H51NO16/c1-30(52)51-40-43(61-27-31-19-21-35(58-2)22-20-31)41(53)38(28-60-37-25-23-36(59-3)24-26-37)64-50(40)67-44-42(65-47(55)33-15-9-5-10-16-33)39(29-62-46(54)32-13-7-4-8-14-32)63-49(57)45(44)66-48(56)34-17-11-6-12-18-34/h4-26,38-45,49-50,53,57H,27-29H2,1-3H3,(H,51,52)/t38-,39-,40-,41-,42+,43-,44+,45-,49-,50+/m1/s1. The summed E-state index contributed by atoms with van der Waals surface area (Å²) in [6.45, 7) is 0.297. The van der Waals surface area contributed by atoms with Crippen molar-refractivity contribution in [3.63, 3.8) is 0 Å². The third-order valence-electron chi connectivity index (χ3n) is 10.9. The number of hydrogen-bond acceptors (Lipinski definition) is 16. The quantitative estimate of drug-likeness (QED) is 0.0805. The largest absolute Gasteiger partial charge is 0.497 e. The van der Waals surface area contributed by atoms with Crippen LogP contribution >= 0.6 is 0 Å². The number of rotatable bonds is 18. The van der Waals surface area contributed by atoms with E-state index in [0.717, 1.165) is 0 Å². The molecular weight excluding hydrogens is 871 g/mol. The molecule has 7 rings (SSSR count). The van der Waals surface area contributed by atoms with Crippen molar-refractivity contribution in [2.24, 2.45) is 0 Å². The van der Waals surface area contributed by atoms with Gasteiger partial charge in [0.05, 0.1) is 37.5 Å². The summed E-state index contributed by atoms with van der Waals surface area (Å²) in [5.74, 6) is -1.53. The fourth-order valence-corrected chi connectivity index (χ4v) is 7.48. The SMILES string of the molecule is COc1ccc(CO[C@H]2[C@H](O)[C@@H](COc3ccc(OC)cc3)O[C@@H](O[C@@H]3[C@@H](OC(=O)c4ccccc4)[C@H](O)O[C@H](COC(=O)c4ccccc4)[C@@H]3OC(=O)c3ccccc3)[C@@H]2NC(C)=O)cc1. The molecule has 0 bridgehead atoms. The van der Waals surface area contributed by atoms with Gasteiger partial charge < -0.3 is 62.9 Å². The van der Waals surface area contributed by atoms with Crippen LogP contribution in [0.25, 0.3) is 0 Å². The molecule has 10 atom stereocenters. The van der Waals surface area contributed by atoms with Gasteiger partial charge in [-0.05, 0) is 78.4 Å². The number of aliphatic hydroxyl groups is 2. The number of carbonyl (C=O) groups is 4. The molecule has 2 aliphatic heterocycles. The van der Waals surface area contributed by atoms with Gasteiger partial charge in [0.15, 0.2) is 24.8 Å². The predicted octanol–water partition coefficient (Wildman–Crippen LogP) is 4.67. The lowest BCUT2D eigenvalue weighted by Gasteiger charge is -2.48. The lowest BCUT2D eigenvalue weighted by atomic mass is 9.94. The van der Waals surface area contributed by atoms with Crippen molar-refractivity contribution < 1.29 is 76.8 Å². The summed E-state index contributed by atoms with van der Waals surface area (Å²) in [5.41, 5.74) is 1.10. The fraction of sp³-hybridized carbons (Fsp3) is 0.320. The summed E-state index contributed by atoms with van der Waals surface area (Å²) in [7, 11) is 3.06. The van der Waals surface area contributed by atoms with Crippen LogP contribution in [0.5, 0.6) is 17.2 Å². The highest BCUT2D eigenvalue weighted by Crippen LogP contribution is 2.34. The van der Waals surface area contributed by atoms with Gasteiger partial charge in [0.2, 0.25) is 5.91 Å². The Hall–Kier alpha value is -6.86. The van der Waals surface area contributed by atoms with E-state index < -0.39 is 91.8 Å². The lowest BCUT2D eigenvalue weighted by molar-refractivity contribution is -0.341. The Bertz CT molecular complexity index is 2370. The Morgan fingerprint density at radius 2 is 1.07 bits per heavy atom. The number of methoxy groups -OCH3 is 2. The van der Waals surface area contributed by atoms with Gasteiger partial charge in [0.1, 0.15) is 67.0 Å². The van der Waals surface area contributed by atoms with Gasteiger partial charge >= 0.3 is 17.9 Å². The first-order valence-electron chi connectivity index (χ1n) is 21.4. The van der Waals surface area contributed by atoms with Gasteiger partial charge in [-0.25, -0.2) is 14.4 Å². The van der Waals surface area contributed by atoms with Crippen molar-refractivity contribution >= 4 is 23.8 Å². The maximum Gasteiger partial charge on any atom is 0.338 e. The lowest BCUT2D eigenvalue weighted by Crippen LogP contribution is -2.69. The normalized spacial score (nSPS) is 24.6. The molecule has 2 heterocycles. The number of hydrogen-bond donors (Lipinski definition) is 3. The van der Waals surface area contributed by atoms with Crippen molar-refractivity contribution in [2.75, 3.05) is 27.4 Å². The van der Waals surface area contributed by atoms with Crippen LogP contribution in [-0.2, 0) is 44.6 Å². The summed E-state index contributed by atoms with van der Waals surface area (Å²) >= 11 is 0. The Balaban J connectivity index is 1.27. The van der Waals surface area contributed by atoms with Crippen LogP contribution in [0.3, 0.4) is 0 Å². The molecular formula is C50H51NO16. The number of benzene rings is 5. The monoisotopic (exact) mass is 921 g/mol. The van der Waals surface area contributed by atoms with Gasteiger partial charge in [-0.15, -0.1) is 0 Å². The minimum Gasteiger partial charge on any atom is -0.497 e. The number of amides is 1. The number of aliphatic hydroxyl groups excluding tert-OH is 2. The molecule has 5 aromatic carbocycles. The number of ether oxygens (including phenoxy) is 10. The van der Waals surface area contributed by atoms with Crippen molar-refractivity contribution in [3.8, 4) is 17.2 Å². The summed E-state index contributed by atoms with van der Waals surface area (Å²) < 4.78 is 60.0. The molecule has 3 N–H and O–H groups in total. The highest BCUT2D eigenvalue weighted by Gasteiger charge is 2.55. The van der Waals surface area contributed by atoms with Gasteiger partial charge in [0, 0.05) is 6.92 Å². The maximum atomic E-state index is 14.0. The molecule has 0 spiro atoms. The van der Waals surface area contributed by atoms with E-state index in [4.69, 9.17) is 47.4 Å². The molecule has 0 radical (unpaired) electrons. The predicted molar refractivity (Wildman–Crippen MR) is 236 cm³/mol. The second-order valence-corrected chi connectivity index (χ2v) is 15.5. The Morgan fingerprint density at radius 3 is 1.61 bits per heavy atom. The van der Waals surface area contributed by atoms with Crippen LogP contribution in [0.1, 0.15) is 43.6 Å². The van der Waals surface area contributed by atoms with Crippen LogP contribution in [0.15, 0.2) is 140 Å². The molecule has 0 aromatic heterocycles. The number of carbonyl (C=O) groups excluding carboxylic acids is 4. The van der Waals surface area contributed by atoms with Crippen molar-refractivity contribution in [1.29, 1.82) is 0 Å². The van der Waals surface area contributed by atoms with E-state index in [1.807, 2.05) is 0 Å². The molecule has 17 heteroatoms. The first-order chi connectivity index (χ1) is 32.5.